The Kier molecular flexibility index (Phi) is 7.13. The molecule has 2 heterocycles. The van der Waals surface area contributed by atoms with E-state index in [0.717, 1.165) is 30.3 Å². The van der Waals surface area contributed by atoms with Crippen molar-refractivity contribution < 1.29 is 4.79 Å². The molecule has 1 aromatic heterocycles. The van der Waals surface area contributed by atoms with Gasteiger partial charge < -0.3 is 20.9 Å². The number of carbonyl (C=O) groups is 1. The molecule has 1 aliphatic rings. The maximum absolute atomic E-state index is 12.1. The number of aromatic nitrogens is 2. The molecule has 0 saturated carbocycles. The third kappa shape index (κ3) is 6.34. The number of piperidine rings is 1. The van der Waals surface area contributed by atoms with E-state index in [1.807, 2.05) is 37.3 Å². The minimum Gasteiger partial charge on any atom is -0.356 e. The van der Waals surface area contributed by atoms with E-state index >= 15 is 0 Å². The number of aryl methyl sites for hydroxylation is 1. The van der Waals surface area contributed by atoms with Crippen molar-refractivity contribution in [1.82, 2.24) is 15.3 Å². The molecule has 0 spiro atoms. The summed E-state index contributed by atoms with van der Waals surface area (Å²) >= 11 is 0. The lowest BCUT2D eigenvalue weighted by atomic mass is 9.87. The molecule has 1 aliphatic heterocycles. The molecular formula is C23H34N6O. The van der Waals surface area contributed by atoms with E-state index in [1.54, 1.807) is 0 Å². The summed E-state index contributed by atoms with van der Waals surface area (Å²) in [5.41, 5.74) is 3.05. The lowest BCUT2D eigenvalue weighted by Crippen LogP contribution is -2.33. The summed E-state index contributed by atoms with van der Waals surface area (Å²) in [5.74, 6) is 1.59. The van der Waals surface area contributed by atoms with Gasteiger partial charge in [0.1, 0.15) is 5.82 Å². The van der Waals surface area contributed by atoms with Gasteiger partial charge in [0, 0.05) is 43.6 Å². The minimum atomic E-state index is -0.223. The molecule has 0 atom stereocenters. The molecule has 1 saturated heterocycles. The van der Waals surface area contributed by atoms with E-state index in [9.17, 15) is 4.79 Å². The smallest absolute Gasteiger partial charge is 0.319 e. The third-order valence-corrected chi connectivity index (χ3v) is 5.22. The highest BCUT2D eigenvalue weighted by molar-refractivity contribution is 5.89. The number of benzene rings is 1. The molecule has 1 fully saturated rings. The van der Waals surface area contributed by atoms with Crippen LogP contribution in [0.5, 0.6) is 0 Å². The lowest BCUT2D eigenvalue weighted by molar-refractivity contribution is 0.252. The normalized spacial score (nSPS) is 14.3. The van der Waals surface area contributed by atoms with Crippen molar-refractivity contribution in [2.45, 2.75) is 52.4 Å². The Morgan fingerprint density at radius 1 is 1.03 bits per heavy atom. The third-order valence-electron chi connectivity index (χ3n) is 5.22. The van der Waals surface area contributed by atoms with Crippen LogP contribution in [0.15, 0.2) is 30.3 Å². The molecule has 0 aliphatic carbocycles. The largest absolute Gasteiger partial charge is 0.356 e. The SMILES string of the molecule is Cc1cc(N2CCCCC2)nc(NCCNC(=O)Nc2ccc(C(C)(C)C)cc2)n1. The molecule has 2 aromatic rings. The summed E-state index contributed by atoms with van der Waals surface area (Å²) < 4.78 is 0. The molecule has 1 aromatic carbocycles. The zero-order valence-corrected chi connectivity index (χ0v) is 18.6. The predicted molar refractivity (Wildman–Crippen MR) is 123 cm³/mol. The van der Waals surface area contributed by atoms with E-state index in [0.29, 0.717) is 19.0 Å². The molecule has 0 radical (unpaired) electrons. The van der Waals surface area contributed by atoms with Crippen molar-refractivity contribution in [2.75, 3.05) is 41.7 Å². The van der Waals surface area contributed by atoms with E-state index < -0.39 is 0 Å². The molecular weight excluding hydrogens is 376 g/mol. The Morgan fingerprint density at radius 3 is 2.40 bits per heavy atom. The van der Waals surface area contributed by atoms with Crippen molar-refractivity contribution in [3.05, 3.63) is 41.6 Å². The maximum atomic E-state index is 12.1. The number of hydrogen-bond acceptors (Lipinski definition) is 5. The number of amides is 2. The Balaban J connectivity index is 1.44. The van der Waals surface area contributed by atoms with Crippen molar-refractivity contribution in [2.24, 2.45) is 0 Å². The molecule has 162 valence electrons. The van der Waals surface area contributed by atoms with Crippen LogP contribution < -0.4 is 20.9 Å². The van der Waals surface area contributed by atoms with Gasteiger partial charge in [-0.25, -0.2) is 9.78 Å². The summed E-state index contributed by atoms with van der Waals surface area (Å²) in [6.07, 6.45) is 3.72. The Bertz CT molecular complexity index is 838. The first-order valence-corrected chi connectivity index (χ1v) is 10.8. The number of anilines is 3. The molecule has 3 N–H and O–H groups in total. The number of carbonyl (C=O) groups excluding carboxylic acids is 1. The fourth-order valence-corrected chi connectivity index (χ4v) is 3.50. The molecule has 7 heteroatoms. The Labute approximate surface area is 179 Å². The highest BCUT2D eigenvalue weighted by Crippen LogP contribution is 2.23. The summed E-state index contributed by atoms with van der Waals surface area (Å²) in [7, 11) is 0. The van der Waals surface area contributed by atoms with Gasteiger partial charge in [0.15, 0.2) is 0 Å². The standard InChI is InChI=1S/C23H34N6O/c1-17-16-20(29-14-6-5-7-15-29)28-21(26-17)24-12-13-25-22(30)27-19-10-8-18(9-11-19)23(2,3)4/h8-11,16H,5-7,12-15H2,1-4H3,(H,24,26,28)(H2,25,27,30). The van der Waals surface area contributed by atoms with Crippen molar-refractivity contribution >= 4 is 23.5 Å². The van der Waals surface area contributed by atoms with Gasteiger partial charge in [-0.2, -0.15) is 4.98 Å². The topological polar surface area (TPSA) is 82.2 Å². The van der Waals surface area contributed by atoms with Crippen LogP contribution in [0.25, 0.3) is 0 Å². The van der Waals surface area contributed by atoms with Crippen LogP contribution >= 0.6 is 0 Å². The summed E-state index contributed by atoms with van der Waals surface area (Å²) in [4.78, 5) is 23.6. The van der Waals surface area contributed by atoms with Gasteiger partial charge in [-0.1, -0.05) is 32.9 Å². The second kappa shape index (κ2) is 9.78. The van der Waals surface area contributed by atoms with Crippen LogP contribution in [-0.2, 0) is 5.41 Å². The van der Waals surface area contributed by atoms with Crippen LogP contribution in [0.4, 0.5) is 22.2 Å². The van der Waals surface area contributed by atoms with Gasteiger partial charge in [-0.05, 0) is 49.3 Å². The van der Waals surface area contributed by atoms with Crippen LogP contribution in [0, 0.1) is 6.92 Å². The number of urea groups is 1. The zero-order chi connectivity index (χ0) is 21.6. The van der Waals surface area contributed by atoms with Crippen LogP contribution in [0.3, 0.4) is 0 Å². The number of hydrogen-bond donors (Lipinski definition) is 3. The summed E-state index contributed by atoms with van der Waals surface area (Å²) in [6, 6.07) is 9.77. The maximum Gasteiger partial charge on any atom is 0.319 e. The van der Waals surface area contributed by atoms with Crippen molar-refractivity contribution in [3.63, 3.8) is 0 Å². The molecule has 2 amide bonds. The Morgan fingerprint density at radius 2 is 1.73 bits per heavy atom. The van der Waals surface area contributed by atoms with Gasteiger partial charge in [0.2, 0.25) is 5.95 Å². The highest BCUT2D eigenvalue weighted by atomic mass is 16.2. The van der Waals surface area contributed by atoms with E-state index in [-0.39, 0.29) is 11.4 Å². The second-order valence-corrected chi connectivity index (χ2v) is 8.87. The highest BCUT2D eigenvalue weighted by Gasteiger charge is 2.14. The monoisotopic (exact) mass is 410 g/mol. The first-order chi connectivity index (χ1) is 14.3. The van der Waals surface area contributed by atoms with Gasteiger partial charge in [-0.3, -0.25) is 0 Å². The van der Waals surface area contributed by atoms with Crippen LogP contribution in [0.1, 0.15) is 51.3 Å². The predicted octanol–water partition coefficient (Wildman–Crippen LogP) is 4.31. The Hall–Kier alpha value is -2.83. The molecule has 3 rings (SSSR count). The van der Waals surface area contributed by atoms with Gasteiger partial charge in [-0.15, -0.1) is 0 Å². The van der Waals surface area contributed by atoms with E-state index in [2.05, 4.69) is 51.6 Å². The van der Waals surface area contributed by atoms with Gasteiger partial charge >= 0.3 is 6.03 Å². The fourth-order valence-electron chi connectivity index (χ4n) is 3.50. The number of rotatable bonds is 6. The average Bonchev–Trinajstić information content (AvgIpc) is 2.71. The molecule has 0 bridgehead atoms. The molecule has 30 heavy (non-hydrogen) atoms. The fraction of sp³-hybridized carbons (Fsp3) is 0.522. The number of nitrogens with zero attached hydrogens (tertiary/aromatic N) is 3. The number of nitrogens with one attached hydrogen (secondary N) is 3. The first kappa shape index (κ1) is 21.9. The summed E-state index contributed by atoms with van der Waals surface area (Å²) in [5, 5.41) is 8.94. The minimum absolute atomic E-state index is 0.0954. The zero-order valence-electron chi connectivity index (χ0n) is 18.6. The van der Waals surface area contributed by atoms with Gasteiger partial charge in [0.05, 0.1) is 0 Å². The molecule has 7 nitrogen and oxygen atoms in total. The molecule has 0 unspecified atom stereocenters. The van der Waals surface area contributed by atoms with E-state index in [1.165, 1.54) is 24.8 Å². The lowest BCUT2D eigenvalue weighted by Gasteiger charge is -2.28. The van der Waals surface area contributed by atoms with Crippen molar-refractivity contribution in [3.8, 4) is 0 Å². The second-order valence-electron chi connectivity index (χ2n) is 8.87. The van der Waals surface area contributed by atoms with Crippen molar-refractivity contribution in [1.29, 1.82) is 0 Å². The van der Waals surface area contributed by atoms with Crippen LogP contribution in [-0.4, -0.2) is 42.2 Å². The first-order valence-electron chi connectivity index (χ1n) is 10.8. The average molecular weight is 411 g/mol. The van der Waals surface area contributed by atoms with E-state index in [4.69, 9.17) is 0 Å². The quantitative estimate of drug-likeness (QED) is 0.618. The van der Waals surface area contributed by atoms with Gasteiger partial charge in [0.25, 0.3) is 0 Å². The van der Waals surface area contributed by atoms with Crippen LogP contribution in [0.2, 0.25) is 0 Å². The summed E-state index contributed by atoms with van der Waals surface area (Å²) in [6.45, 7) is 11.6.